The molecular formula is C15H22N2O2. The zero-order valence-electron chi connectivity index (χ0n) is 12.1. The lowest BCUT2D eigenvalue weighted by Gasteiger charge is -2.32. The van der Waals surface area contributed by atoms with Crippen molar-refractivity contribution in [3.63, 3.8) is 0 Å². The molecule has 1 atom stereocenters. The number of hydrogen-bond acceptors (Lipinski definition) is 3. The normalized spacial score (nSPS) is 19.8. The molecule has 19 heavy (non-hydrogen) atoms. The van der Waals surface area contributed by atoms with E-state index in [9.17, 15) is 4.79 Å². The van der Waals surface area contributed by atoms with E-state index < -0.39 is 5.60 Å². The molecule has 4 nitrogen and oxygen atoms in total. The highest BCUT2D eigenvalue weighted by Gasteiger charge is 2.35. The highest BCUT2D eigenvalue weighted by Crippen LogP contribution is 2.26. The maximum absolute atomic E-state index is 12.7. The van der Waals surface area contributed by atoms with Crippen LogP contribution < -0.4 is 10.2 Å². The average Bonchev–Trinajstić information content (AvgIpc) is 2.58. The van der Waals surface area contributed by atoms with Gasteiger partial charge in [0.25, 0.3) is 5.91 Å². The van der Waals surface area contributed by atoms with Gasteiger partial charge >= 0.3 is 0 Å². The molecule has 1 aliphatic heterocycles. The van der Waals surface area contributed by atoms with Crippen LogP contribution in [0.1, 0.15) is 26.3 Å². The number of hydrogen-bond donors (Lipinski definition) is 1. The molecule has 0 saturated carbocycles. The van der Waals surface area contributed by atoms with E-state index in [0.717, 1.165) is 17.8 Å². The van der Waals surface area contributed by atoms with Crippen LogP contribution >= 0.6 is 0 Å². The van der Waals surface area contributed by atoms with Crippen LogP contribution in [0.3, 0.4) is 0 Å². The number of rotatable bonds is 2. The number of carbonyl (C=O) groups excluding carboxylic acids is 1. The van der Waals surface area contributed by atoms with E-state index in [1.165, 1.54) is 0 Å². The predicted octanol–water partition coefficient (Wildman–Crippen LogP) is 1.94. The average molecular weight is 262 g/mol. The Hall–Kier alpha value is -1.39. The van der Waals surface area contributed by atoms with Crippen LogP contribution in [0.5, 0.6) is 0 Å². The van der Waals surface area contributed by atoms with Crippen molar-refractivity contribution in [1.29, 1.82) is 0 Å². The SMILES string of the molecule is COC(C)(C)C(=O)N1CC(C)NCc2ccccc21. The summed E-state index contributed by atoms with van der Waals surface area (Å²) in [6, 6.07) is 8.28. The molecule has 104 valence electrons. The van der Waals surface area contributed by atoms with E-state index in [0.29, 0.717) is 6.54 Å². The van der Waals surface area contributed by atoms with E-state index >= 15 is 0 Å². The van der Waals surface area contributed by atoms with Crippen LogP contribution in [-0.2, 0) is 16.1 Å². The zero-order chi connectivity index (χ0) is 14.0. The Labute approximate surface area is 114 Å². The Morgan fingerprint density at radius 1 is 1.42 bits per heavy atom. The van der Waals surface area contributed by atoms with E-state index in [2.05, 4.69) is 18.3 Å². The summed E-state index contributed by atoms with van der Waals surface area (Å²) in [7, 11) is 1.57. The minimum Gasteiger partial charge on any atom is -0.369 e. The number of amides is 1. The second-order valence-electron chi connectivity index (χ2n) is 5.54. The largest absolute Gasteiger partial charge is 0.369 e. The van der Waals surface area contributed by atoms with Gasteiger partial charge in [0.05, 0.1) is 0 Å². The number of nitrogens with one attached hydrogen (secondary N) is 1. The fourth-order valence-electron chi connectivity index (χ4n) is 2.25. The van der Waals surface area contributed by atoms with Crippen molar-refractivity contribution < 1.29 is 9.53 Å². The Morgan fingerprint density at radius 3 is 2.79 bits per heavy atom. The maximum Gasteiger partial charge on any atom is 0.258 e. The minimum absolute atomic E-state index is 0.00185. The van der Waals surface area contributed by atoms with Gasteiger partial charge in [0.2, 0.25) is 0 Å². The number of fused-ring (bicyclic) bond motifs is 1. The van der Waals surface area contributed by atoms with Gasteiger partial charge in [-0.15, -0.1) is 0 Å². The fraction of sp³-hybridized carbons (Fsp3) is 0.533. The smallest absolute Gasteiger partial charge is 0.258 e. The highest BCUT2D eigenvalue weighted by atomic mass is 16.5. The molecule has 0 radical (unpaired) electrons. The standard InChI is InChI=1S/C15H22N2O2/c1-11-10-17(14(18)15(2,3)19-4)13-8-6-5-7-12(13)9-16-11/h5-8,11,16H,9-10H2,1-4H3. The molecule has 1 unspecified atom stereocenters. The summed E-state index contributed by atoms with van der Waals surface area (Å²) in [5, 5.41) is 3.42. The number of nitrogens with zero attached hydrogens (tertiary/aromatic N) is 1. The number of carbonyl (C=O) groups is 1. The third-order valence-electron chi connectivity index (χ3n) is 3.65. The predicted molar refractivity (Wildman–Crippen MR) is 76.2 cm³/mol. The van der Waals surface area contributed by atoms with Crippen LogP contribution in [0, 0.1) is 0 Å². The molecule has 0 aliphatic carbocycles. The monoisotopic (exact) mass is 262 g/mol. The van der Waals surface area contributed by atoms with Crippen molar-refractivity contribution in [3.05, 3.63) is 29.8 Å². The van der Waals surface area contributed by atoms with Gasteiger partial charge < -0.3 is 15.0 Å². The molecule has 1 aromatic rings. The van der Waals surface area contributed by atoms with Crippen molar-refractivity contribution in [1.82, 2.24) is 5.32 Å². The Balaban J connectivity index is 2.40. The van der Waals surface area contributed by atoms with E-state index in [4.69, 9.17) is 4.74 Å². The van der Waals surface area contributed by atoms with E-state index in [1.807, 2.05) is 23.1 Å². The van der Waals surface area contributed by atoms with Gasteiger partial charge in [-0.05, 0) is 32.4 Å². The summed E-state index contributed by atoms with van der Waals surface area (Å²) in [5.74, 6) is -0.00185. The molecule has 2 rings (SSSR count). The first-order valence-electron chi connectivity index (χ1n) is 6.64. The summed E-state index contributed by atoms with van der Waals surface area (Å²) in [6.45, 7) is 7.14. The van der Waals surface area contributed by atoms with Gasteiger partial charge in [-0.3, -0.25) is 4.79 Å². The van der Waals surface area contributed by atoms with Gasteiger partial charge in [-0.2, -0.15) is 0 Å². The fourth-order valence-corrected chi connectivity index (χ4v) is 2.25. The molecule has 0 bridgehead atoms. The number of ether oxygens (including phenoxy) is 1. The summed E-state index contributed by atoms with van der Waals surface area (Å²) in [6.07, 6.45) is 0. The van der Waals surface area contributed by atoms with Crippen molar-refractivity contribution >= 4 is 11.6 Å². The van der Waals surface area contributed by atoms with Crippen LogP contribution in [0.4, 0.5) is 5.69 Å². The molecule has 0 saturated heterocycles. The van der Waals surface area contributed by atoms with Gasteiger partial charge in [-0.1, -0.05) is 18.2 Å². The van der Waals surface area contributed by atoms with Gasteiger partial charge in [-0.25, -0.2) is 0 Å². The lowest BCUT2D eigenvalue weighted by molar-refractivity contribution is -0.136. The Bertz CT molecular complexity index is 471. The molecule has 1 amide bonds. The van der Waals surface area contributed by atoms with E-state index in [-0.39, 0.29) is 11.9 Å². The first-order chi connectivity index (χ1) is 8.95. The first kappa shape index (κ1) is 14.0. The van der Waals surface area contributed by atoms with Crippen molar-refractivity contribution in [2.75, 3.05) is 18.6 Å². The lowest BCUT2D eigenvalue weighted by atomic mass is 10.1. The van der Waals surface area contributed by atoms with E-state index in [1.54, 1.807) is 21.0 Å². The van der Waals surface area contributed by atoms with Crippen molar-refractivity contribution in [2.45, 2.75) is 39.0 Å². The molecule has 1 N–H and O–H groups in total. The number of anilines is 1. The minimum atomic E-state index is -0.808. The maximum atomic E-state index is 12.7. The number of methoxy groups -OCH3 is 1. The van der Waals surface area contributed by atoms with Crippen LogP contribution in [-0.4, -0.2) is 31.2 Å². The summed E-state index contributed by atoms with van der Waals surface area (Å²) in [5.41, 5.74) is 1.32. The Morgan fingerprint density at radius 2 is 2.11 bits per heavy atom. The topological polar surface area (TPSA) is 41.6 Å². The van der Waals surface area contributed by atoms with Crippen LogP contribution in [0.25, 0.3) is 0 Å². The second kappa shape index (κ2) is 5.31. The van der Waals surface area contributed by atoms with Crippen LogP contribution in [0.15, 0.2) is 24.3 Å². The second-order valence-corrected chi connectivity index (χ2v) is 5.54. The first-order valence-corrected chi connectivity index (χ1v) is 6.64. The molecule has 1 aliphatic rings. The highest BCUT2D eigenvalue weighted by molar-refractivity contribution is 5.99. The summed E-state index contributed by atoms with van der Waals surface area (Å²) < 4.78 is 5.33. The molecule has 0 aromatic heterocycles. The Kier molecular flexibility index (Phi) is 3.92. The van der Waals surface area contributed by atoms with Gasteiger partial charge in [0.15, 0.2) is 0 Å². The number of benzene rings is 1. The van der Waals surface area contributed by atoms with Crippen LogP contribution in [0.2, 0.25) is 0 Å². The number of para-hydroxylation sites is 1. The van der Waals surface area contributed by atoms with Gasteiger partial charge in [0, 0.05) is 31.9 Å². The summed E-state index contributed by atoms with van der Waals surface area (Å²) >= 11 is 0. The summed E-state index contributed by atoms with van der Waals surface area (Å²) in [4.78, 5) is 14.5. The molecule has 4 heteroatoms. The van der Waals surface area contributed by atoms with Gasteiger partial charge in [0.1, 0.15) is 5.60 Å². The molecular weight excluding hydrogens is 240 g/mol. The quantitative estimate of drug-likeness (QED) is 0.885. The third-order valence-corrected chi connectivity index (χ3v) is 3.65. The molecule has 1 aromatic carbocycles. The van der Waals surface area contributed by atoms with Crippen molar-refractivity contribution in [2.24, 2.45) is 0 Å². The third kappa shape index (κ3) is 2.80. The molecule has 0 spiro atoms. The zero-order valence-corrected chi connectivity index (χ0v) is 12.1. The lowest BCUT2D eigenvalue weighted by Crippen LogP contribution is -2.49. The molecule has 1 heterocycles. The molecule has 0 fully saturated rings. The van der Waals surface area contributed by atoms with Crippen molar-refractivity contribution in [3.8, 4) is 0 Å².